The summed E-state index contributed by atoms with van der Waals surface area (Å²) >= 11 is 0. The van der Waals surface area contributed by atoms with Crippen LogP contribution in [0.1, 0.15) is 45.1 Å². The summed E-state index contributed by atoms with van der Waals surface area (Å²) in [6, 6.07) is 6.17. The van der Waals surface area contributed by atoms with Crippen LogP contribution in [-0.4, -0.2) is 42.4 Å². The van der Waals surface area contributed by atoms with E-state index in [0.717, 1.165) is 18.6 Å². The summed E-state index contributed by atoms with van der Waals surface area (Å²) < 4.78 is 11.3. The highest BCUT2D eigenvalue weighted by molar-refractivity contribution is 6.01. The van der Waals surface area contributed by atoms with E-state index in [0.29, 0.717) is 11.3 Å². The van der Waals surface area contributed by atoms with Gasteiger partial charge in [0, 0.05) is 21.8 Å². The second-order valence-electron chi connectivity index (χ2n) is 8.91. The number of carbonyl (C=O) groups is 1. The number of fused-ring (bicyclic) bond motifs is 5. The summed E-state index contributed by atoms with van der Waals surface area (Å²) in [5.41, 5.74) is 1.36. The average Bonchev–Trinajstić information content (AvgIpc) is 2.98. The molecular weight excluding hydrogens is 360 g/mol. The summed E-state index contributed by atoms with van der Waals surface area (Å²) in [4.78, 5) is 28.8. The second kappa shape index (κ2) is 6.29. The van der Waals surface area contributed by atoms with Gasteiger partial charge in [-0.05, 0) is 24.3 Å². The van der Waals surface area contributed by atoms with Gasteiger partial charge in [0.15, 0.2) is 6.04 Å². The molecule has 2 aliphatic carbocycles. The first-order chi connectivity index (χ1) is 13.2. The molecule has 3 aliphatic rings. The van der Waals surface area contributed by atoms with Crippen LogP contribution in [0, 0.1) is 26.9 Å². The van der Waals surface area contributed by atoms with Crippen molar-refractivity contribution in [3.05, 3.63) is 39.9 Å². The highest BCUT2D eigenvalue weighted by atomic mass is 16.6. The van der Waals surface area contributed by atoms with Crippen molar-refractivity contribution in [2.75, 3.05) is 13.7 Å². The van der Waals surface area contributed by atoms with Crippen LogP contribution >= 0.6 is 0 Å². The van der Waals surface area contributed by atoms with E-state index in [-0.39, 0.29) is 22.9 Å². The zero-order valence-electron chi connectivity index (χ0n) is 16.7. The van der Waals surface area contributed by atoms with E-state index in [4.69, 9.17) is 14.5 Å². The summed E-state index contributed by atoms with van der Waals surface area (Å²) in [6.45, 7) is 6.18. The van der Waals surface area contributed by atoms with E-state index in [1.165, 1.54) is 7.11 Å². The Morgan fingerprint density at radius 1 is 1.36 bits per heavy atom. The van der Waals surface area contributed by atoms with Crippen LogP contribution in [-0.2, 0) is 9.53 Å². The van der Waals surface area contributed by atoms with Gasteiger partial charge in [0.1, 0.15) is 11.9 Å². The fourth-order valence-electron chi connectivity index (χ4n) is 5.52. The van der Waals surface area contributed by atoms with Gasteiger partial charge < -0.3 is 9.47 Å². The Morgan fingerprint density at radius 3 is 2.75 bits per heavy atom. The minimum atomic E-state index is -0.924. The number of hydrogen-bond donors (Lipinski definition) is 0. The van der Waals surface area contributed by atoms with Gasteiger partial charge in [0.05, 0.1) is 18.7 Å². The molecule has 0 spiro atoms. The number of hydrogen-bond acceptors (Lipinski definition) is 6. The fraction of sp³-hybridized carbons (Fsp3) is 0.619. The molecule has 0 aromatic heterocycles. The van der Waals surface area contributed by atoms with Crippen molar-refractivity contribution in [1.82, 2.24) is 0 Å². The first kappa shape index (κ1) is 18.9. The smallest absolute Gasteiger partial charge is 0.332 e. The third-order valence-corrected chi connectivity index (χ3v) is 7.53. The normalized spacial score (nSPS) is 33.6. The van der Waals surface area contributed by atoms with Crippen LogP contribution in [0.5, 0.6) is 5.75 Å². The molecule has 28 heavy (non-hydrogen) atoms. The number of nitro groups is 1. The monoisotopic (exact) mass is 386 g/mol. The van der Waals surface area contributed by atoms with Crippen LogP contribution in [0.2, 0.25) is 0 Å². The molecule has 0 N–H and O–H groups in total. The molecule has 0 radical (unpaired) electrons. The molecule has 4 rings (SSSR count). The van der Waals surface area contributed by atoms with Crippen LogP contribution in [0.3, 0.4) is 0 Å². The predicted molar refractivity (Wildman–Crippen MR) is 103 cm³/mol. The van der Waals surface area contributed by atoms with Crippen molar-refractivity contribution in [1.29, 1.82) is 0 Å². The van der Waals surface area contributed by atoms with Gasteiger partial charge >= 0.3 is 5.97 Å². The number of rotatable bonds is 5. The van der Waals surface area contributed by atoms with Crippen LogP contribution < -0.4 is 4.74 Å². The van der Waals surface area contributed by atoms with Gasteiger partial charge in [-0.3, -0.25) is 15.1 Å². The summed E-state index contributed by atoms with van der Waals surface area (Å²) in [5, 5.41) is 11.4. The van der Waals surface area contributed by atoms with Gasteiger partial charge in [-0.15, -0.1) is 0 Å². The fourth-order valence-corrected chi connectivity index (χ4v) is 5.52. The minimum Gasteiger partial charge on any atom is -0.496 e. The molecule has 7 heteroatoms. The molecule has 2 bridgehead atoms. The van der Waals surface area contributed by atoms with Gasteiger partial charge in [-0.2, -0.15) is 0 Å². The third-order valence-electron chi connectivity index (χ3n) is 7.53. The molecule has 1 aliphatic heterocycles. The van der Waals surface area contributed by atoms with E-state index in [1.807, 2.05) is 0 Å². The van der Waals surface area contributed by atoms with Crippen molar-refractivity contribution in [2.24, 2.45) is 21.7 Å². The number of para-hydroxylation sites is 1. The Bertz CT molecular complexity index is 864. The Labute approximate surface area is 164 Å². The van der Waals surface area contributed by atoms with Crippen LogP contribution in [0.15, 0.2) is 29.3 Å². The van der Waals surface area contributed by atoms with Gasteiger partial charge in [-0.1, -0.05) is 39.0 Å². The summed E-state index contributed by atoms with van der Waals surface area (Å²) in [6.07, 6.45) is 1.69. The molecule has 2 fully saturated rings. The Kier molecular flexibility index (Phi) is 4.25. The van der Waals surface area contributed by atoms with E-state index < -0.39 is 29.4 Å². The lowest BCUT2D eigenvalue weighted by atomic mass is 9.70. The molecule has 1 aromatic carbocycles. The van der Waals surface area contributed by atoms with Crippen molar-refractivity contribution in [3.8, 4) is 5.75 Å². The minimum absolute atomic E-state index is 0.0191. The Hall–Kier alpha value is -2.44. The first-order valence-corrected chi connectivity index (χ1v) is 9.73. The zero-order valence-corrected chi connectivity index (χ0v) is 16.7. The van der Waals surface area contributed by atoms with Crippen molar-refractivity contribution < 1.29 is 19.2 Å². The maximum absolute atomic E-state index is 13.0. The molecule has 150 valence electrons. The lowest BCUT2D eigenvalue weighted by Crippen LogP contribution is -2.48. The summed E-state index contributed by atoms with van der Waals surface area (Å²) in [7, 11) is 1.52. The highest BCUT2D eigenvalue weighted by Crippen LogP contribution is 2.65. The van der Waals surface area contributed by atoms with Gasteiger partial charge in [0.2, 0.25) is 6.54 Å². The number of carbonyl (C=O) groups excluding carboxylic acids is 1. The molecule has 0 saturated heterocycles. The quantitative estimate of drug-likeness (QED) is 0.440. The molecule has 7 nitrogen and oxygen atoms in total. The number of methoxy groups -OCH3 is 1. The number of nitrogens with zero attached hydrogens (tertiary/aromatic N) is 2. The largest absolute Gasteiger partial charge is 0.496 e. The number of esters is 1. The molecule has 1 aromatic rings. The lowest BCUT2D eigenvalue weighted by molar-refractivity contribution is -0.483. The second-order valence-corrected chi connectivity index (χ2v) is 8.91. The molecule has 1 heterocycles. The van der Waals surface area contributed by atoms with Gasteiger partial charge in [0.25, 0.3) is 0 Å². The van der Waals surface area contributed by atoms with Gasteiger partial charge in [-0.25, -0.2) is 4.79 Å². The van der Waals surface area contributed by atoms with Crippen molar-refractivity contribution in [2.45, 2.75) is 51.7 Å². The Balaban J connectivity index is 1.78. The zero-order chi connectivity index (χ0) is 20.3. The van der Waals surface area contributed by atoms with Crippen LogP contribution in [0.25, 0.3) is 0 Å². The van der Waals surface area contributed by atoms with E-state index in [1.54, 1.807) is 24.3 Å². The SMILES string of the molecule is COc1ccccc1[C@H](C[N+](=O)[O-])[C@H]1N=C2[C@H]3CC[C@@](C)([C@@H]2OC1=O)C3(C)C. The lowest BCUT2D eigenvalue weighted by Gasteiger charge is -2.40. The van der Waals surface area contributed by atoms with E-state index >= 15 is 0 Å². The first-order valence-electron chi connectivity index (χ1n) is 9.73. The third kappa shape index (κ3) is 2.48. The number of benzene rings is 1. The number of aliphatic imine (C=N–C) groups is 1. The predicted octanol–water partition coefficient (Wildman–Crippen LogP) is 3.25. The average molecular weight is 386 g/mol. The highest BCUT2D eigenvalue weighted by Gasteiger charge is 2.68. The maximum atomic E-state index is 13.0. The molecule has 0 amide bonds. The molecule has 5 atom stereocenters. The topological polar surface area (TPSA) is 91.0 Å². The van der Waals surface area contributed by atoms with E-state index in [2.05, 4.69) is 20.8 Å². The summed E-state index contributed by atoms with van der Waals surface area (Å²) in [5.74, 6) is -0.449. The molecule has 2 saturated carbocycles. The molecular formula is C21H26N2O5. The maximum Gasteiger partial charge on any atom is 0.332 e. The van der Waals surface area contributed by atoms with Crippen molar-refractivity contribution in [3.63, 3.8) is 0 Å². The number of ether oxygens (including phenoxy) is 2. The van der Waals surface area contributed by atoms with Crippen molar-refractivity contribution >= 4 is 11.7 Å². The van der Waals surface area contributed by atoms with E-state index in [9.17, 15) is 14.9 Å². The molecule has 0 unspecified atom stereocenters. The standard InChI is InChI=1S/C21H26N2O5/c1-20(2)14-9-10-21(20,3)18-17(14)22-16(19(24)28-18)13(11-23(25)26)12-7-5-6-8-15(12)27-4/h5-8,13-14,16,18H,9-11H2,1-4H3/t13-,14+,16+,18+,21-/m0/s1. The Morgan fingerprint density at radius 2 is 2.07 bits per heavy atom. The van der Waals surface area contributed by atoms with Crippen LogP contribution in [0.4, 0.5) is 0 Å².